The number of hydrogen-bond acceptors (Lipinski definition) is 5. The van der Waals surface area contributed by atoms with Crippen LogP contribution in [0.25, 0.3) is 0 Å². The van der Waals surface area contributed by atoms with Crippen LogP contribution < -0.4 is 4.72 Å². The second kappa shape index (κ2) is 5.52. The summed E-state index contributed by atoms with van der Waals surface area (Å²) < 4.78 is 70.0. The van der Waals surface area contributed by atoms with Gasteiger partial charge in [0.15, 0.2) is 0 Å². The molecule has 1 N–H and O–H groups in total. The Hall–Kier alpha value is -2.10. The van der Waals surface area contributed by atoms with E-state index in [4.69, 9.17) is 4.52 Å². The summed E-state index contributed by atoms with van der Waals surface area (Å²) in [4.78, 5) is 2.93. The molecule has 0 bridgehead atoms. The Kier molecular flexibility index (Phi) is 4.14. The van der Waals surface area contributed by atoms with Gasteiger partial charge in [-0.15, -0.1) is 0 Å². The highest BCUT2D eigenvalue weighted by atomic mass is 32.2. The van der Waals surface area contributed by atoms with Crippen molar-refractivity contribution in [1.82, 2.24) is 10.1 Å². The molecule has 0 atom stereocenters. The van der Waals surface area contributed by atoms with Gasteiger partial charge in [-0.05, 0) is 17.3 Å². The maximum Gasteiger partial charge on any atom is 0.417 e. The Morgan fingerprint density at radius 1 is 1.13 bits per heavy atom. The molecule has 0 spiro atoms. The molecule has 0 unspecified atom stereocenters. The van der Waals surface area contributed by atoms with Gasteiger partial charge < -0.3 is 4.52 Å². The van der Waals surface area contributed by atoms with Crippen LogP contribution >= 0.6 is 0 Å². The molecule has 0 aliphatic heterocycles. The monoisotopic (exact) mass is 349 g/mol. The van der Waals surface area contributed by atoms with E-state index < -0.39 is 38.0 Å². The number of anilines is 1. The smallest absolute Gasteiger partial charge is 0.337 e. The summed E-state index contributed by atoms with van der Waals surface area (Å²) >= 11 is 0. The zero-order valence-corrected chi connectivity index (χ0v) is 13.3. The largest absolute Gasteiger partial charge is 0.417 e. The van der Waals surface area contributed by atoms with Crippen LogP contribution in [0.4, 0.5) is 19.1 Å². The van der Waals surface area contributed by atoms with Crippen molar-refractivity contribution < 1.29 is 26.1 Å². The molecule has 0 amide bonds. The van der Waals surface area contributed by atoms with Gasteiger partial charge in [-0.3, -0.25) is 0 Å². The number of halogens is 3. The van der Waals surface area contributed by atoms with Crippen molar-refractivity contribution in [2.45, 2.75) is 37.3 Å². The van der Waals surface area contributed by atoms with Gasteiger partial charge in [-0.2, -0.15) is 18.2 Å². The van der Waals surface area contributed by atoms with E-state index in [1.165, 1.54) is 6.07 Å². The summed E-state index contributed by atoms with van der Waals surface area (Å²) in [6.07, 6.45) is -4.81. The summed E-state index contributed by atoms with van der Waals surface area (Å²) in [5, 5.41) is 3.43. The zero-order chi connectivity index (χ0) is 17.5. The normalized spacial score (nSPS) is 13.1. The summed E-state index contributed by atoms with van der Waals surface area (Å²) in [6.45, 7) is 5.28. The van der Waals surface area contributed by atoms with E-state index in [-0.39, 0.29) is 5.89 Å². The van der Waals surface area contributed by atoms with E-state index in [2.05, 4.69) is 10.1 Å². The van der Waals surface area contributed by atoms with Crippen LogP contribution in [0.3, 0.4) is 0 Å². The van der Waals surface area contributed by atoms with Gasteiger partial charge in [0.1, 0.15) is 0 Å². The molecule has 6 nitrogen and oxygen atoms in total. The number of sulfonamides is 1. The fraction of sp³-hybridized carbons (Fsp3) is 0.385. The van der Waals surface area contributed by atoms with E-state index in [1.807, 2.05) is 4.72 Å². The van der Waals surface area contributed by atoms with E-state index in [1.54, 1.807) is 20.8 Å². The lowest BCUT2D eigenvalue weighted by atomic mass is 9.97. The highest BCUT2D eigenvalue weighted by molar-refractivity contribution is 7.92. The first-order chi connectivity index (χ1) is 10.4. The molecule has 0 saturated heterocycles. The molecule has 1 heterocycles. The summed E-state index contributed by atoms with van der Waals surface area (Å²) in [5.41, 5.74) is -1.80. The zero-order valence-electron chi connectivity index (χ0n) is 12.5. The Labute approximate surface area is 130 Å². The van der Waals surface area contributed by atoms with Crippen molar-refractivity contribution in [3.05, 3.63) is 35.7 Å². The average molecular weight is 349 g/mol. The molecule has 10 heteroatoms. The molecule has 0 aliphatic rings. The maximum absolute atomic E-state index is 12.9. The van der Waals surface area contributed by atoms with Crippen molar-refractivity contribution in [3.8, 4) is 0 Å². The molecule has 1 aromatic heterocycles. The summed E-state index contributed by atoms with van der Waals surface area (Å²) in [7, 11) is -4.51. The van der Waals surface area contributed by atoms with E-state index in [0.29, 0.717) is 6.07 Å². The van der Waals surface area contributed by atoms with Crippen LogP contribution in [0.2, 0.25) is 0 Å². The molecule has 0 aliphatic carbocycles. The van der Waals surface area contributed by atoms with Crippen molar-refractivity contribution in [2.75, 3.05) is 4.72 Å². The van der Waals surface area contributed by atoms with Gasteiger partial charge in [0.05, 0.1) is 10.5 Å². The van der Waals surface area contributed by atoms with Gasteiger partial charge >= 0.3 is 6.18 Å². The molecule has 2 aromatic rings. The number of aromatic nitrogens is 2. The van der Waals surface area contributed by atoms with Crippen LogP contribution in [0.15, 0.2) is 33.7 Å². The molecule has 0 saturated carbocycles. The minimum Gasteiger partial charge on any atom is -0.337 e. The SMILES string of the molecule is CC(C)(C)c1nc(NS(=O)(=O)c2ccccc2C(F)(F)F)no1. The van der Waals surface area contributed by atoms with Crippen LogP contribution in [0, 0.1) is 0 Å². The molecule has 23 heavy (non-hydrogen) atoms. The number of nitrogens with one attached hydrogen (secondary N) is 1. The van der Waals surface area contributed by atoms with Gasteiger partial charge in [0.2, 0.25) is 5.89 Å². The highest BCUT2D eigenvalue weighted by Gasteiger charge is 2.37. The van der Waals surface area contributed by atoms with Crippen molar-refractivity contribution in [1.29, 1.82) is 0 Å². The summed E-state index contributed by atoms with van der Waals surface area (Å²) in [5.74, 6) is -0.272. The van der Waals surface area contributed by atoms with Crippen LogP contribution in [-0.2, 0) is 21.6 Å². The molecular formula is C13H14F3N3O3S. The third-order valence-electron chi connectivity index (χ3n) is 2.78. The Morgan fingerprint density at radius 2 is 1.74 bits per heavy atom. The Morgan fingerprint density at radius 3 is 2.26 bits per heavy atom. The second-order valence-corrected chi connectivity index (χ2v) is 7.42. The Balaban J connectivity index is 2.39. The predicted molar refractivity (Wildman–Crippen MR) is 75.3 cm³/mol. The van der Waals surface area contributed by atoms with Crippen LogP contribution in [0.5, 0.6) is 0 Å². The van der Waals surface area contributed by atoms with Crippen molar-refractivity contribution in [3.63, 3.8) is 0 Å². The standard InChI is InChI=1S/C13H14F3N3O3S/c1-12(2,3)10-17-11(18-22-10)19-23(20,21)9-7-5-4-6-8(9)13(14,15)16/h4-7H,1-3H3,(H,18,19). The molecule has 1 aromatic carbocycles. The minimum atomic E-state index is -4.81. The first kappa shape index (κ1) is 17.3. The first-order valence-corrected chi connectivity index (χ1v) is 7.93. The number of rotatable bonds is 3. The lowest BCUT2D eigenvalue weighted by Gasteiger charge is -2.13. The van der Waals surface area contributed by atoms with Gasteiger partial charge in [0, 0.05) is 5.41 Å². The molecule has 0 fully saturated rings. The molecule has 0 radical (unpaired) electrons. The predicted octanol–water partition coefficient (Wildman–Crippen LogP) is 3.19. The van der Waals surface area contributed by atoms with E-state index in [0.717, 1.165) is 12.1 Å². The fourth-order valence-electron chi connectivity index (χ4n) is 1.68. The molecule has 2 rings (SSSR count). The summed E-state index contributed by atoms with van der Waals surface area (Å²) in [6, 6.07) is 3.84. The van der Waals surface area contributed by atoms with E-state index >= 15 is 0 Å². The first-order valence-electron chi connectivity index (χ1n) is 6.44. The topological polar surface area (TPSA) is 85.1 Å². The minimum absolute atomic E-state index is 0.152. The third kappa shape index (κ3) is 3.81. The van der Waals surface area contributed by atoms with E-state index in [9.17, 15) is 21.6 Å². The highest BCUT2D eigenvalue weighted by Crippen LogP contribution is 2.34. The van der Waals surface area contributed by atoms with Gasteiger partial charge in [-0.25, -0.2) is 13.1 Å². The van der Waals surface area contributed by atoms with Gasteiger partial charge in [-0.1, -0.05) is 32.9 Å². The van der Waals surface area contributed by atoms with Crippen LogP contribution in [0.1, 0.15) is 32.2 Å². The average Bonchev–Trinajstić information content (AvgIpc) is 2.85. The molecule has 126 valence electrons. The molecular weight excluding hydrogens is 335 g/mol. The number of nitrogens with zero attached hydrogens (tertiary/aromatic N) is 2. The lowest BCUT2D eigenvalue weighted by Crippen LogP contribution is -2.19. The van der Waals surface area contributed by atoms with Crippen LogP contribution in [-0.4, -0.2) is 18.6 Å². The number of hydrogen-bond donors (Lipinski definition) is 1. The maximum atomic E-state index is 12.9. The quantitative estimate of drug-likeness (QED) is 0.920. The number of alkyl halides is 3. The fourth-order valence-corrected chi connectivity index (χ4v) is 2.84. The third-order valence-corrected chi connectivity index (χ3v) is 4.16. The Bertz CT molecular complexity index is 808. The van der Waals surface area contributed by atoms with Crippen molar-refractivity contribution in [2.24, 2.45) is 0 Å². The van der Waals surface area contributed by atoms with Crippen molar-refractivity contribution >= 4 is 16.0 Å². The lowest BCUT2D eigenvalue weighted by molar-refractivity contribution is -0.139. The second-order valence-electron chi connectivity index (χ2n) is 5.77. The van der Waals surface area contributed by atoms with Gasteiger partial charge in [0.25, 0.3) is 16.0 Å². The number of benzene rings is 1.